The molecule has 0 spiro atoms. The van der Waals surface area contributed by atoms with Crippen molar-refractivity contribution in [1.82, 2.24) is 19.4 Å². The average Bonchev–Trinajstić information content (AvgIpc) is 3.25. The van der Waals surface area contributed by atoms with E-state index < -0.39 is 10.0 Å². The fraction of sp³-hybridized carbons (Fsp3) is 0.389. The molecule has 4 heterocycles. The van der Waals surface area contributed by atoms with E-state index >= 15 is 0 Å². The maximum Gasteiger partial charge on any atom is 0.244 e. The van der Waals surface area contributed by atoms with Gasteiger partial charge in [0.1, 0.15) is 0 Å². The van der Waals surface area contributed by atoms with Gasteiger partial charge in [-0.05, 0) is 32.9 Å². The van der Waals surface area contributed by atoms with E-state index in [0.29, 0.717) is 42.8 Å². The van der Waals surface area contributed by atoms with Crippen molar-refractivity contribution in [3.8, 4) is 10.6 Å². The normalized spacial score (nSPS) is 15.9. The van der Waals surface area contributed by atoms with Crippen LogP contribution in [0.5, 0.6) is 0 Å². The van der Waals surface area contributed by atoms with Gasteiger partial charge in [0.25, 0.3) is 0 Å². The lowest BCUT2D eigenvalue weighted by molar-refractivity contribution is 0.382. The molecule has 3 aromatic rings. The first-order valence-corrected chi connectivity index (χ1v) is 11.2. The molecule has 3 aromatic heterocycles. The van der Waals surface area contributed by atoms with Gasteiger partial charge < -0.3 is 9.42 Å². The van der Waals surface area contributed by atoms with Gasteiger partial charge in [0.2, 0.25) is 16.0 Å². The van der Waals surface area contributed by atoms with Crippen LogP contribution in [0.15, 0.2) is 33.9 Å². The minimum atomic E-state index is -3.58. The van der Waals surface area contributed by atoms with E-state index in [4.69, 9.17) is 4.52 Å². The standard InChI is InChI=1S/C18H21N5O3S2/c1-12-13(2)21-26-17(12)15-11-16(14(3)27-15)28(24,25)23-9-7-22(8-10-23)18-19-5-4-6-20-18/h4-6,11H,7-10H2,1-3H3. The third-order valence-electron chi connectivity index (χ3n) is 4.94. The summed E-state index contributed by atoms with van der Waals surface area (Å²) in [6.45, 7) is 7.52. The van der Waals surface area contributed by atoms with Crippen LogP contribution in [0.25, 0.3) is 10.6 Å². The number of thiophene rings is 1. The van der Waals surface area contributed by atoms with Gasteiger partial charge in [-0.3, -0.25) is 0 Å². The molecule has 10 heteroatoms. The summed E-state index contributed by atoms with van der Waals surface area (Å²) in [5, 5.41) is 3.98. The molecule has 1 saturated heterocycles. The molecule has 1 fully saturated rings. The zero-order valence-corrected chi connectivity index (χ0v) is 17.5. The molecular weight excluding hydrogens is 398 g/mol. The number of hydrogen-bond acceptors (Lipinski definition) is 8. The van der Waals surface area contributed by atoms with Gasteiger partial charge in [-0.1, -0.05) is 5.16 Å². The Morgan fingerprint density at radius 2 is 1.75 bits per heavy atom. The van der Waals surface area contributed by atoms with E-state index in [2.05, 4.69) is 15.1 Å². The largest absolute Gasteiger partial charge is 0.355 e. The predicted octanol–water partition coefficient (Wildman–Crippen LogP) is 2.63. The van der Waals surface area contributed by atoms with Crippen molar-refractivity contribution in [2.45, 2.75) is 25.7 Å². The number of nitrogens with zero attached hydrogens (tertiary/aromatic N) is 5. The summed E-state index contributed by atoms with van der Waals surface area (Å²) in [6.07, 6.45) is 3.38. The van der Waals surface area contributed by atoms with Gasteiger partial charge in [-0.25, -0.2) is 18.4 Å². The molecule has 0 unspecified atom stereocenters. The van der Waals surface area contributed by atoms with Crippen LogP contribution in [0.2, 0.25) is 0 Å². The number of piperazine rings is 1. The van der Waals surface area contributed by atoms with Crippen molar-refractivity contribution < 1.29 is 12.9 Å². The molecule has 148 valence electrons. The highest BCUT2D eigenvalue weighted by molar-refractivity contribution is 7.89. The molecule has 0 amide bonds. The molecule has 0 radical (unpaired) electrons. The Balaban J connectivity index is 1.55. The fourth-order valence-corrected chi connectivity index (χ4v) is 6.22. The highest BCUT2D eigenvalue weighted by Crippen LogP contribution is 2.37. The number of aromatic nitrogens is 3. The van der Waals surface area contributed by atoms with Crippen LogP contribution in [0.4, 0.5) is 5.95 Å². The molecule has 8 nitrogen and oxygen atoms in total. The zero-order valence-electron chi connectivity index (χ0n) is 15.9. The Hall–Kier alpha value is -2.30. The molecule has 0 bridgehead atoms. The van der Waals surface area contributed by atoms with Crippen molar-refractivity contribution in [3.63, 3.8) is 0 Å². The van der Waals surface area contributed by atoms with Crippen LogP contribution in [0, 0.1) is 20.8 Å². The maximum absolute atomic E-state index is 13.2. The van der Waals surface area contributed by atoms with Gasteiger partial charge >= 0.3 is 0 Å². The minimum Gasteiger partial charge on any atom is -0.355 e. The first-order chi connectivity index (χ1) is 13.4. The van der Waals surface area contributed by atoms with Crippen molar-refractivity contribution in [3.05, 3.63) is 40.7 Å². The van der Waals surface area contributed by atoms with E-state index in [0.717, 1.165) is 21.0 Å². The second-order valence-corrected chi connectivity index (χ2v) is 9.86. The minimum absolute atomic E-state index is 0.338. The van der Waals surface area contributed by atoms with E-state index in [1.165, 1.54) is 15.6 Å². The average molecular weight is 420 g/mol. The molecule has 0 atom stereocenters. The van der Waals surface area contributed by atoms with Crippen LogP contribution in [-0.2, 0) is 10.0 Å². The quantitative estimate of drug-likeness (QED) is 0.642. The Labute approximate surface area is 167 Å². The summed E-state index contributed by atoms with van der Waals surface area (Å²) in [6, 6.07) is 3.47. The van der Waals surface area contributed by atoms with Crippen LogP contribution in [-0.4, -0.2) is 54.0 Å². The SMILES string of the molecule is Cc1noc(-c2cc(S(=O)(=O)N3CCN(c4ncccn4)CC3)c(C)s2)c1C. The Morgan fingerprint density at radius 3 is 2.36 bits per heavy atom. The summed E-state index contributed by atoms with van der Waals surface area (Å²) in [5.74, 6) is 1.27. The van der Waals surface area contributed by atoms with Crippen LogP contribution >= 0.6 is 11.3 Å². The number of rotatable bonds is 4. The second kappa shape index (κ2) is 7.26. The van der Waals surface area contributed by atoms with Gasteiger partial charge in [0, 0.05) is 49.0 Å². The first kappa shape index (κ1) is 19.0. The van der Waals surface area contributed by atoms with Crippen LogP contribution in [0.1, 0.15) is 16.1 Å². The van der Waals surface area contributed by atoms with Gasteiger partial charge in [0.05, 0.1) is 15.5 Å². The zero-order chi connectivity index (χ0) is 19.9. The number of hydrogen-bond donors (Lipinski definition) is 0. The van der Waals surface area contributed by atoms with Crippen molar-refractivity contribution in [2.75, 3.05) is 31.1 Å². The van der Waals surface area contributed by atoms with Crippen molar-refractivity contribution in [1.29, 1.82) is 0 Å². The number of aryl methyl sites for hydroxylation is 2. The van der Waals surface area contributed by atoms with Crippen LogP contribution < -0.4 is 4.90 Å². The Morgan fingerprint density at radius 1 is 1.07 bits per heavy atom. The van der Waals surface area contributed by atoms with Gasteiger partial charge in [-0.2, -0.15) is 4.31 Å². The summed E-state index contributed by atoms with van der Waals surface area (Å²) >= 11 is 1.41. The molecule has 0 N–H and O–H groups in total. The summed E-state index contributed by atoms with van der Waals surface area (Å²) < 4.78 is 33.4. The molecule has 0 saturated carbocycles. The number of anilines is 1. The summed E-state index contributed by atoms with van der Waals surface area (Å²) in [7, 11) is -3.58. The second-order valence-electron chi connectivity index (χ2n) is 6.69. The first-order valence-electron chi connectivity index (χ1n) is 8.93. The lowest BCUT2D eigenvalue weighted by Crippen LogP contribution is -2.49. The van der Waals surface area contributed by atoms with Gasteiger partial charge in [-0.15, -0.1) is 11.3 Å². The lowest BCUT2D eigenvalue weighted by atomic mass is 10.2. The van der Waals surface area contributed by atoms with E-state index in [1.54, 1.807) is 24.5 Å². The highest BCUT2D eigenvalue weighted by Gasteiger charge is 2.32. The third-order valence-corrected chi connectivity index (χ3v) is 8.15. The van der Waals surface area contributed by atoms with Crippen molar-refractivity contribution in [2.24, 2.45) is 0 Å². The topological polar surface area (TPSA) is 92.4 Å². The Kier molecular flexibility index (Phi) is 4.94. The van der Waals surface area contributed by atoms with E-state index in [9.17, 15) is 8.42 Å². The molecular formula is C18H21N5O3S2. The smallest absolute Gasteiger partial charge is 0.244 e. The van der Waals surface area contributed by atoms with E-state index in [-0.39, 0.29) is 0 Å². The molecule has 1 aliphatic heterocycles. The van der Waals surface area contributed by atoms with Crippen LogP contribution in [0.3, 0.4) is 0 Å². The maximum atomic E-state index is 13.2. The summed E-state index contributed by atoms with van der Waals surface area (Å²) in [5.41, 5.74) is 1.74. The molecule has 1 aliphatic rings. The molecule has 4 rings (SSSR count). The fourth-order valence-electron chi connectivity index (χ4n) is 3.20. The molecule has 0 aromatic carbocycles. The molecule has 0 aliphatic carbocycles. The number of sulfonamides is 1. The Bertz CT molecular complexity index is 1080. The summed E-state index contributed by atoms with van der Waals surface area (Å²) in [4.78, 5) is 12.3. The lowest BCUT2D eigenvalue weighted by Gasteiger charge is -2.33. The van der Waals surface area contributed by atoms with Crippen molar-refractivity contribution >= 4 is 27.3 Å². The monoisotopic (exact) mass is 419 g/mol. The third kappa shape index (κ3) is 3.31. The highest BCUT2D eigenvalue weighted by atomic mass is 32.2. The van der Waals surface area contributed by atoms with Gasteiger partial charge in [0.15, 0.2) is 5.76 Å². The van der Waals surface area contributed by atoms with E-state index in [1.807, 2.05) is 25.7 Å². The molecule has 28 heavy (non-hydrogen) atoms. The predicted molar refractivity (Wildman–Crippen MR) is 107 cm³/mol.